The first-order valence-corrected chi connectivity index (χ1v) is 12.7. The fraction of sp³-hybridized carbons (Fsp3) is 0.273. The number of aliphatic imine (C=N–C) groups is 1. The maximum Gasteiger partial charge on any atom is 0.231 e. The van der Waals surface area contributed by atoms with Crippen molar-refractivity contribution in [2.45, 2.75) is 23.2 Å². The maximum atomic E-state index is 12.6. The van der Waals surface area contributed by atoms with E-state index in [-0.39, 0.29) is 39.9 Å². The van der Waals surface area contributed by atoms with Crippen LogP contribution in [-0.4, -0.2) is 56.6 Å². The number of halogens is 1. The number of carbonyl (C=O) groups excluding carboxylic acids is 2. The van der Waals surface area contributed by atoms with E-state index >= 15 is 0 Å². The van der Waals surface area contributed by atoms with Gasteiger partial charge in [-0.3, -0.25) is 19.5 Å². The average Bonchev–Trinajstić information content (AvgIpc) is 2.87. The van der Waals surface area contributed by atoms with Crippen molar-refractivity contribution in [3.05, 3.63) is 58.5 Å². The summed E-state index contributed by atoms with van der Waals surface area (Å²) in [7, 11) is 1.62. The summed E-state index contributed by atoms with van der Waals surface area (Å²) in [4.78, 5) is 31.5. The van der Waals surface area contributed by atoms with E-state index in [0.29, 0.717) is 18.0 Å². The highest BCUT2D eigenvalue weighted by atomic mass is 35.5. The van der Waals surface area contributed by atoms with Crippen molar-refractivity contribution >= 4 is 52.7 Å². The number of fused-ring (bicyclic) bond motifs is 1. The van der Waals surface area contributed by atoms with Crippen LogP contribution in [0, 0.1) is 11.1 Å². The van der Waals surface area contributed by atoms with Crippen LogP contribution in [0.1, 0.15) is 16.8 Å². The van der Waals surface area contributed by atoms with Crippen LogP contribution in [0.2, 0.25) is 5.02 Å². The summed E-state index contributed by atoms with van der Waals surface area (Å²) in [5.74, 6) is 0.749. The van der Waals surface area contributed by atoms with E-state index in [2.05, 4.69) is 4.99 Å². The van der Waals surface area contributed by atoms with Crippen molar-refractivity contribution in [2.24, 2.45) is 10.7 Å². The van der Waals surface area contributed by atoms with Gasteiger partial charge in [0.1, 0.15) is 5.84 Å². The molecule has 0 spiro atoms. The molecule has 0 bridgehead atoms. The molecule has 2 aromatic rings. The van der Waals surface area contributed by atoms with Gasteiger partial charge >= 0.3 is 0 Å². The lowest BCUT2D eigenvalue weighted by molar-refractivity contribution is -0.683. The highest BCUT2D eigenvalue weighted by Crippen LogP contribution is 2.41. The number of thioether (sulfide) groups is 2. The summed E-state index contributed by atoms with van der Waals surface area (Å²) in [6.45, 7) is 0.0305. The molecule has 1 aromatic carbocycles. The number of hydrogen-bond acceptors (Lipinski definition) is 9. The molecule has 2 aliphatic rings. The number of nitrogens with two attached hydrogens (primary N) is 1. The largest absolute Gasteiger partial charge is 0.504 e. The van der Waals surface area contributed by atoms with Crippen LogP contribution in [-0.2, 0) is 11.3 Å². The zero-order chi connectivity index (χ0) is 25.7. The predicted molar refractivity (Wildman–Crippen MR) is 134 cm³/mol. The van der Waals surface area contributed by atoms with Crippen molar-refractivity contribution < 1.29 is 24.4 Å². The first-order valence-electron chi connectivity index (χ1n) is 10.3. The molecule has 1 atom stereocenters. The highest BCUT2D eigenvalue weighted by molar-refractivity contribution is 8.01. The van der Waals surface area contributed by atoms with Gasteiger partial charge in [0.05, 0.1) is 22.5 Å². The summed E-state index contributed by atoms with van der Waals surface area (Å²) in [5, 5.41) is 19.2. The smallest absolute Gasteiger partial charge is 0.231 e. The van der Waals surface area contributed by atoms with Crippen LogP contribution < -0.4 is 10.3 Å². The van der Waals surface area contributed by atoms with Crippen LogP contribution in [0.25, 0.3) is 0 Å². The van der Waals surface area contributed by atoms with Gasteiger partial charge in [-0.05, 0) is 17.7 Å². The van der Waals surface area contributed by atoms with Crippen molar-refractivity contribution in [3.63, 3.8) is 0 Å². The third-order valence-electron chi connectivity index (χ3n) is 5.41. The Labute approximate surface area is 215 Å². The Morgan fingerprint density at radius 2 is 2.00 bits per heavy atom. The van der Waals surface area contributed by atoms with Gasteiger partial charge in [-0.15, -0.1) is 23.5 Å². The van der Waals surface area contributed by atoms with E-state index in [1.54, 1.807) is 52.4 Å². The lowest BCUT2D eigenvalue weighted by Gasteiger charge is -2.45. The monoisotopic (exact) mass is 535 g/mol. The number of ketones is 1. The molecule has 0 radical (unpaired) electrons. The maximum absolute atomic E-state index is 12.6. The molecule has 4 rings (SSSR count). The van der Waals surface area contributed by atoms with Crippen LogP contribution in [0.15, 0.2) is 57.8 Å². The molecule has 1 amide bonds. The molecular weight excluding hydrogens is 512 g/mol. The summed E-state index contributed by atoms with van der Waals surface area (Å²) in [6, 6.07) is 6.42. The topological polar surface area (TPSA) is 168 Å². The molecular formula is C22H24ClN6O4S2+. The van der Waals surface area contributed by atoms with E-state index in [4.69, 9.17) is 28.4 Å². The van der Waals surface area contributed by atoms with Crippen LogP contribution >= 0.6 is 35.1 Å². The minimum Gasteiger partial charge on any atom is -0.504 e. The number of benzene rings is 1. The number of nitrogens with zero attached hydrogens (tertiary/aromatic N) is 3. The Hall–Kier alpha value is -3.09. The number of rotatable bonds is 7. The zero-order valence-electron chi connectivity index (χ0n) is 18.7. The Morgan fingerprint density at radius 3 is 2.63 bits per heavy atom. The number of β-lactam (4-membered cyclic amide) rings is 1. The van der Waals surface area contributed by atoms with Crippen molar-refractivity contribution in [3.8, 4) is 11.5 Å². The number of pyridine rings is 1. The van der Waals surface area contributed by atoms with Gasteiger partial charge in [0.15, 0.2) is 23.9 Å². The summed E-state index contributed by atoms with van der Waals surface area (Å²) in [6.07, 6.45) is 4.12. The van der Waals surface area contributed by atoms with Gasteiger partial charge < -0.3 is 15.9 Å². The van der Waals surface area contributed by atoms with Crippen LogP contribution in [0.4, 0.5) is 0 Å². The number of hydrogen-bond donors (Lipinski definition) is 5. The molecule has 0 saturated carbocycles. The second-order valence-electron chi connectivity index (χ2n) is 7.51. The molecule has 0 aliphatic carbocycles. The number of Topliss-reactive ketones (excluding diaryl/α,β-unsaturated/α-hetero) is 1. The predicted octanol–water partition coefficient (Wildman–Crippen LogP) is 3.16. The SMILES string of the molecule is CN=C(N)C1=C(CSc2cc[n+](CC(=O)c3ccc(O)c(O)c3Cl)cc2)CS[C@@H]2CC(=O)N12.N=N. The number of aromatic hydroxyl groups is 2. The Kier molecular flexibility index (Phi) is 8.76. The highest BCUT2D eigenvalue weighted by Gasteiger charge is 2.43. The van der Waals surface area contributed by atoms with Gasteiger partial charge in [-0.1, -0.05) is 11.6 Å². The second kappa shape index (κ2) is 11.6. The molecule has 0 unspecified atom stereocenters. The Balaban J connectivity index is 0.00000167. The number of amidine groups is 1. The number of nitrogens with one attached hydrogen (secondary N) is 2. The average molecular weight is 536 g/mol. The molecule has 10 nitrogen and oxygen atoms in total. The number of phenols is 2. The molecule has 13 heteroatoms. The Morgan fingerprint density at radius 1 is 1.31 bits per heavy atom. The first-order chi connectivity index (χ1) is 16.8. The fourth-order valence-corrected chi connectivity index (χ4v) is 6.13. The van der Waals surface area contributed by atoms with Gasteiger partial charge in [0.25, 0.3) is 0 Å². The number of phenolic OH excluding ortho intramolecular Hbond substituents is 2. The third kappa shape index (κ3) is 5.60. The number of carbonyl (C=O) groups is 2. The summed E-state index contributed by atoms with van der Waals surface area (Å²) < 4.78 is 1.71. The third-order valence-corrected chi connectivity index (χ3v) is 8.17. The van der Waals surface area contributed by atoms with E-state index < -0.39 is 5.75 Å². The van der Waals surface area contributed by atoms with E-state index in [0.717, 1.165) is 21.9 Å². The molecule has 1 saturated heterocycles. The lowest BCUT2D eigenvalue weighted by Crippen LogP contribution is -2.55. The van der Waals surface area contributed by atoms with Crippen molar-refractivity contribution in [1.82, 2.24) is 4.90 Å². The summed E-state index contributed by atoms with van der Waals surface area (Å²) >= 11 is 9.34. The molecule has 184 valence electrons. The summed E-state index contributed by atoms with van der Waals surface area (Å²) in [5.41, 5.74) is 18.1. The van der Waals surface area contributed by atoms with Crippen LogP contribution in [0.3, 0.4) is 0 Å². The molecule has 3 heterocycles. The normalized spacial score (nSPS) is 17.3. The molecule has 2 aliphatic heterocycles. The standard InChI is InChI=1S/C22H21ClN4O4S2.H2N2/c1-25-22(24)20-12(11-33-18-8-17(30)27(18)20)10-32-13-4-6-26(7-5-13)9-16(29)14-2-3-15(28)21(31)19(14)23;1-2/h2-7,18H,8-11H2,1H3,(H3-,24,25,28,29,31);1-2H/p+1/t18-;/m1./s1. The quantitative estimate of drug-likeness (QED) is 0.0530. The van der Waals surface area contributed by atoms with Gasteiger partial charge in [0, 0.05) is 41.1 Å². The van der Waals surface area contributed by atoms with Gasteiger partial charge in [-0.2, -0.15) is 4.57 Å². The fourth-order valence-electron chi connectivity index (χ4n) is 3.58. The van der Waals surface area contributed by atoms with Crippen molar-refractivity contribution in [2.75, 3.05) is 18.6 Å². The van der Waals surface area contributed by atoms with Gasteiger partial charge in [-0.25, -0.2) is 11.1 Å². The minimum atomic E-state index is -0.506. The first kappa shape index (κ1) is 26.5. The van der Waals surface area contributed by atoms with E-state index in [9.17, 15) is 19.8 Å². The van der Waals surface area contributed by atoms with Crippen LogP contribution in [0.5, 0.6) is 11.5 Å². The second-order valence-corrected chi connectivity index (χ2v) is 10.1. The number of aromatic nitrogens is 1. The molecule has 6 N–H and O–H groups in total. The van der Waals surface area contributed by atoms with Gasteiger partial charge in [0.2, 0.25) is 18.2 Å². The van der Waals surface area contributed by atoms with E-state index in [1.165, 1.54) is 12.1 Å². The number of amides is 1. The lowest BCUT2D eigenvalue weighted by atomic mass is 10.1. The molecule has 1 fully saturated rings. The zero-order valence-corrected chi connectivity index (χ0v) is 21.1. The molecule has 1 aromatic heterocycles. The van der Waals surface area contributed by atoms with E-state index in [1.807, 2.05) is 12.1 Å². The Bertz CT molecular complexity index is 1210. The molecule has 35 heavy (non-hydrogen) atoms. The minimum absolute atomic E-state index is 0.0305. The van der Waals surface area contributed by atoms with Crippen molar-refractivity contribution in [1.29, 1.82) is 11.1 Å².